The van der Waals surface area contributed by atoms with Gasteiger partial charge in [0.15, 0.2) is 0 Å². The van der Waals surface area contributed by atoms with Crippen molar-refractivity contribution in [3.05, 3.63) is 29.6 Å². The molecule has 1 atom stereocenters. The summed E-state index contributed by atoms with van der Waals surface area (Å²) in [4.78, 5) is 13.9. The predicted molar refractivity (Wildman–Crippen MR) is 84.7 cm³/mol. The van der Waals surface area contributed by atoms with Gasteiger partial charge in [-0.3, -0.25) is 0 Å². The summed E-state index contributed by atoms with van der Waals surface area (Å²) in [5.41, 5.74) is -1.56. The molecule has 0 radical (unpaired) electrons. The number of carbonyl (C=O) groups is 1. The van der Waals surface area contributed by atoms with E-state index < -0.39 is 29.3 Å². The number of benzene rings is 1. The van der Waals surface area contributed by atoms with Crippen LogP contribution in [0.2, 0.25) is 0 Å². The van der Waals surface area contributed by atoms with Crippen molar-refractivity contribution in [1.29, 1.82) is 0 Å². The lowest BCUT2D eigenvalue weighted by Gasteiger charge is -2.31. The van der Waals surface area contributed by atoms with Gasteiger partial charge in [0.25, 0.3) is 0 Å². The highest BCUT2D eigenvalue weighted by atomic mass is 19.4. The Hall–Kier alpha value is -1.87. The van der Waals surface area contributed by atoms with E-state index in [1.54, 1.807) is 0 Å². The summed E-state index contributed by atoms with van der Waals surface area (Å²) in [6, 6.07) is 1.08. The number of aliphatic hydroxyl groups excluding tert-OH is 1. The Morgan fingerprint density at radius 3 is 2.80 bits per heavy atom. The quantitative estimate of drug-likeness (QED) is 0.705. The first-order chi connectivity index (χ1) is 11.8. The minimum absolute atomic E-state index is 0.124. The number of hydrogen-bond donors (Lipinski definition) is 3. The largest absolute Gasteiger partial charge is 0.416 e. The van der Waals surface area contributed by atoms with Gasteiger partial charge in [0.1, 0.15) is 5.82 Å². The lowest BCUT2D eigenvalue weighted by atomic mass is 9.99. The van der Waals surface area contributed by atoms with E-state index in [1.807, 2.05) is 0 Å². The van der Waals surface area contributed by atoms with Gasteiger partial charge in [-0.2, -0.15) is 13.2 Å². The van der Waals surface area contributed by atoms with Crippen molar-refractivity contribution in [3.8, 4) is 0 Å². The van der Waals surface area contributed by atoms with Crippen molar-refractivity contribution in [2.45, 2.75) is 19.0 Å². The highest BCUT2D eigenvalue weighted by Crippen LogP contribution is 2.31. The molecule has 25 heavy (non-hydrogen) atoms. The SMILES string of the molecule is O=C(NCCN1CCC[C@H](CO)C1)Nc1cc(C(F)(F)F)ccc1F. The van der Waals surface area contributed by atoms with E-state index in [1.165, 1.54) is 0 Å². The average molecular weight is 363 g/mol. The third-order valence-corrected chi connectivity index (χ3v) is 4.12. The summed E-state index contributed by atoms with van der Waals surface area (Å²) >= 11 is 0. The first kappa shape index (κ1) is 19.5. The number of rotatable bonds is 5. The second-order valence-electron chi connectivity index (χ2n) is 6.06. The zero-order chi connectivity index (χ0) is 18.4. The standard InChI is InChI=1S/C16H21F4N3O2/c17-13-4-3-12(16(18,19)20)8-14(13)22-15(25)21-5-7-23-6-1-2-11(9-23)10-24/h3-4,8,11,24H,1-2,5-7,9-10H2,(H2,21,22,25)/t11-/m0/s1. The first-order valence-corrected chi connectivity index (χ1v) is 8.04. The molecule has 1 aliphatic rings. The number of anilines is 1. The van der Waals surface area contributed by atoms with E-state index in [0.717, 1.165) is 25.9 Å². The minimum atomic E-state index is -4.61. The van der Waals surface area contributed by atoms with Crippen LogP contribution < -0.4 is 10.6 Å². The lowest BCUT2D eigenvalue weighted by molar-refractivity contribution is -0.137. The molecule has 0 aliphatic carbocycles. The molecular weight excluding hydrogens is 342 g/mol. The molecule has 1 fully saturated rings. The third kappa shape index (κ3) is 5.86. The van der Waals surface area contributed by atoms with Crippen LogP contribution in [0.25, 0.3) is 0 Å². The van der Waals surface area contributed by atoms with Gasteiger partial charge in [-0.1, -0.05) is 0 Å². The molecule has 1 aliphatic heterocycles. The van der Waals surface area contributed by atoms with Crippen molar-refractivity contribution in [1.82, 2.24) is 10.2 Å². The maximum absolute atomic E-state index is 13.6. The van der Waals surface area contributed by atoms with Crippen molar-refractivity contribution >= 4 is 11.7 Å². The number of alkyl halides is 3. The smallest absolute Gasteiger partial charge is 0.396 e. The van der Waals surface area contributed by atoms with Crippen LogP contribution in [0.4, 0.5) is 28.0 Å². The molecule has 0 unspecified atom stereocenters. The van der Waals surface area contributed by atoms with Crippen molar-refractivity contribution in [3.63, 3.8) is 0 Å². The van der Waals surface area contributed by atoms with E-state index in [4.69, 9.17) is 0 Å². The van der Waals surface area contributed by atoms with Crippen molar-refractivity contribution in [2.75, 3.05) is 38.1 Å². The number of piperidine rings is 1. The van der Waals surface area contributed by atoms with Gasteiger partial charge in [0.2, 0.25) is 0 Å². The van der Waals surface area contributed by atoms with Crippen molar-refractivity contribution < 1.29 is 27.5 Å². The molecule has 9 heteroatoms. The van der Waals surface area contributed by atoms with E-state index in [9.17, 15) is 27.5 Å². The zero-order valence-electron chi connectivity index (χ0n) is 13.6. The van der Waals surface area contributed by atoms with Crippen LogP contribution in [0.3, 0.4) is 0 Å². The Bertz CT molecular complexity index is 595. The molecule has 5 nitrogen and oxygen atoms in total. The summed E-state index contributed by atoms with van der Waals surface area (Å²) in [7, 11) is 0. The molecule has 0 bridgehead atoms. The molecule has 1 aromatic carbocycles. The van der Waals surface area contributed by atoms with Gasteiger partial charge < -0.3 is 20.6 Å². The fourth-order valence-electron chi connectivity index (χ4n) is 2.79. The number of carbonyl (C=O) groups excluding carboxylic acids is 1. The summed E-state index contributed by atoms with van der Waals surface area (Å²) in [6.07, 6.45) is -2.68. The topological polar surface area (TPSA) is 64.6 Å². The summed E-state index contributed by atoms with van der Waals surface area (Å²) in [5.74, 6) is -0.716. The van der Waals surface area contributed by atoms with Gasteiger partial charge in [0.05, 0.1) is 11.3 Å². The van der Waals surface area contributed by atoms with Crippen LogP contribution in [0.5, 0.6) is 0 Å². The molecule has 1 saturated heterocycles. The van der Waals surface area contributed by atoms with Crippen LogP contribution in [-0.4, -0.2) is 48.8 Å². The Kier molecular flexibility index (Phi) is 6.60. The third-order valence-electron chi connectivity index (χ3n) is 4.12. The Balaban J connectivity index is 1.82. The number of urea groups is 1. The van der Waals surface area contributed by atoms with Crippen LogP contribution in [0.1, 0.15) is 18.4 Å². The molecule has 2 amide bonds. The van der Waals surface area contributed by atoms with Gasteiger partial charge in [-0.15, -0.1) is 0 Å². The highest BCUT2D eigenvalue weighted by molar-refractivity contribution is 5.89. The van der Waals surface area contributed by atoms with Gasteiger partial charge in [0, 0.05) is 26.2 Å². The fourth-order valence-corrected chi connectivity index (χ4v) is 2.79. The van der Waals surface area contributed by atoms with E-state index >= 15 is 0 Å². The maximum atomic E-state index is 13.6. The van der Waals surface area contributed by atoms with Crippen LogP contribution in [0.15, 0.2) is 18.2 Å². The number of likely N-dealkylation sites (tertiary alicyclic amines) is 1. The van der Waals surface area contributed by atoms with Gasteiger partial charge in [-0.05, 0) is 43.5 Å². The number of nitrogens with one attached hydrogen (secondary N) is 2. The summed E-state index contributed by atoms with van der Waals surface area (Å²) in [6.45, 7) is 2.54. The molecule has 0 saturated carbocycles. The minimum Gasteiger partial charge on any atom is -0.396 e. The predicted octanol–water partition coefficient (Wildman–Crippen LogP) is 2.67. The zero-order valence-corrected chi connectivity index (χ0v) is 13.6. The number of nitrogens with zero attached hydrogens (tertiary/aromatic N) is 1. The molecule has 3 N–H and O–H groups in total. The average Bonchev–Trinajstić information content (AvgIpc) is 2.56. The fraction of sp³-hybridized carbons (Fsp3) is 0.562. The number of halogens is 4. The summed E-state index contributed by atoms with van der Waals surface area (Å²) in [5, 5.41) is 13.8. The maximum Gasteiger partial charge on any atom is 0.416 e. The Morgan fingerprint density at radius 1 is 1.36 bits per heavy atom. The second kappa shape index (κ2) is 8.48. The van der Waals surface area contributed by atoms with E-state index in [0.29, 0.717) is 24.7 Å². The van der Waals surface area contributed by atoms with Gasteiger partial charge >= 0.3 is 12.2 Å². The lowest BCUT2D eigenvalue weighted by Crippen LogP contribution is -2.42. The first-order valence-electron chi connectivity index (χ1n) is 8.04. The molecule has 1 heterocycles. The Morgan fingerprint density at radius 2 is 2.12 bits per heavy atom. The van der Waals surface area contributed by atoms with Gasteiger partial charge in [-0.25, -0.2) is 9.18 Å². The van der Waals surface area contributed by atoms with E-state index in [2.05, 4.69) is 15.5 Å². The molecule has 140 valence electrons. The van der Waals surface area contributed by atoms with Crippen LogP contribution >= 0.6 is 0 Å². The molecule has 2 rings (SSSR count). The monoisotopic (exact) mass is 363 g/mol. The number of aliphatic hydroxyl groups is 1. The van der Waals surface area contributed by atoms with E-state index in [-0.39, 0.29) is 19.1 Å². The molecule has 0 aromatic heterocycles. The number of hydrogen-bond acceptors (Lipinski definition) is 3. The summed E-state index contributed by atoms with van der Waals surface area (Å²) < 4.78 is 51.5. The second-order valence-corrected chi connectivity index (χ2v) is 6.06. The normalized spacial score (nSPS) is 18.8. The number of amides is 2. The highest BCUT2D eigenvalue weighted by Gasteiger charge is 2.31. The van der Waals surface area contributed by atoms with Crippen molar-refractivity contribution in [2.24, 2.45) is 5.92 Å². The Labute approximate surface area is 143 Å². The van der Waals surface area contributed by atoms with Crippen LogP contribution in [-0.2, 0) is 6.18 Å². The molecule has 0 spiro atoms. The molecular formula is C16H21F4N3O2. The van der Waals surface area contributed by atoms with Crippen LogP contribution in [0, 0.1) is 11.7 Å². The molecule has 1 aromatic rings.